The van der Waals surface area contributed by atoms with E-state index in [-0.39, 0.29) is 34.9 Å². The Labute approximate surface area is 109 Å². The van der Waals surface area contributed by atoms with Crippen molar-refractivity contribution in [3.63, 3.8) is 0 Å². The second kappa shape index (κ2) is 5.23. The average molecular weight is 265 g/mol. The summed E-state index contributed by atoms with van der Waals surface area (Å²) in [4.78, 5) is 22.1. The molecule has 7 nitrogen and oxygen atoms in total. The van der Waals surface area contributed by atoms with Gasteiger partial charge in [-0.15, -0.1) is 0 Å². The standard InChI is InChI=1S/C12H15N3O4/c1-7-5-13-6-9(7)12(17)14-10-4-8(15(18)19)2-3-11(10)16/h2-4,7,9,13,16H,5-6H2,1H3,(H,14,17). The van der Waals surface area contributed by atoms with Crippen molar-refractivity contribution in [3.05, 3.63) is 28.3 Å². The van der Waals surface area contributed by atoms with E-state index >= 15 is 0 Å². The van der Waals surface area contributed by atoms with Gasteiger partial charge in [0.1, 0.15) is 5.75 Å². The monoisotopic (exact) mass is 265 g/mol. The van der Waals surface area contributed by atoms with Crippen molar-refractivity contribution < 1.29 is 14.8 Å². The molecule has 3 N–H and O–H groups in total. The molecule has 1 heterocycles. The Bertz CT molecular complexity index is 518. The maximum Gasteiger partial charge on any atom is 0.271 e. The van der Waals surface area contributed by atoms with E-state index in [2.05, 4.69) is 10.6 Å². The number of hydrogen-bond donors (Lipinski definition) is 3. The normalized spacial score (nSPS) is 22.2. The lowest BCUT2D eigenvalue weighted by molar-refractivity contribution is -0.384. The molecule has 2 rings (SSSR count). The highest BCUT2D eigenvalue weighted by Crippen LogP contribution is 2.29. The van der Waals surface area contributed by atoms with E-state index in [1.54, 1.807) is 0 Å². The van der Waals surface area contributed by atoms with Crippen molar-refractivity contribution in [1.29, 1.82) is 0 Å². The first-order chi connectivity index (χ1) is 8.99. The van der Waals surface area contributed by atoms with Crippen LogP contribution >= 0.6 is 0 Å². The quantitative estimate of drug-likeness (QED) is 0.431. The fourth-order valence-electron chi connectivity index (χ4n) is 2.12. The fourth-order valence-corrected chi connectivity index (χ4v) is 2.12. The van der Waals surface area contributed by atoms with E-state index in [4.69, 9.17) is 0 Å². The summed E-state index contributed by atoms with van der Waals surface area (Å²) in [5.41, 5.74) is -0.107. The third-order valence-corrected chi connectivity index (χ3v) is 3.30. The van der Waals surface area contributed by atoms with E-state index in [1.165, 1.54) is 12.1 Å². The molecular formula is C12H15N3O4. The lowest BCUT2D eigenvalue weighted by Crippen LogP contribution is -2.27. The van der Waals surface area contributed by atoms with Gasteiger partial charge in [0.15, 0.2) is 0 Å². The van der Waals surface area contributed by atoms with Gasteiger partial charge in [0.05, 0.1) is 16.5 Å². The van der Waals surface area contributed by atoms with Gasteiger partial charge in [-0.1, -0.05) is 6.92 Å². The first kappa shape index (κ1) is 13.3. The molecule has 0 saturated carbocycles. The molecule has 7 heteroatoms. The Morgan fingerprint density at radius 1 is 1.53 bits per heavy atom. The van der Waals surface area contributed by atoms with E-state index in [0.717, 1.165) is 12.6 Å². The highest BCUT2D eigenvalue weighted by Gasteiger charge is 2.30. The average Bonchev–Trinajstić information content (AvgIpc) is 2.78. The Balaban J connectivity index is 2.16. The van der Waals surface area contributed by atoms with Crippen LogP contribution in [0.15, 0.2) is 18.2 Å². The van der Waals surface area contributed by atoms with E-state index in [0.29, 0.717) is 6.54 Å². The number of carbonyl (C=O) groups excluding carboxylic acids is 1. The van der Waals surface area contributed by atoms with Gasteiger partial charge in [-0.05, 0) is 18.5 Å². The summed E-state index contributed by atoms with van der Waals surface area (Å²) < 4.78 is 0. The SMILES string of the molecule is CC1CNCC1C(=O)Nc1cc([N+](=O)[O-])ccc1O. The number of nitrogens with one attached hydrogen (secondary N) is 2. The molecule has 1 fully saturated rings. The van der Waals surface area contributed by atoms with Crippen LogP contribution in [0.2, 0.25) is 0 Å². The van der Waals surface area contributed by atoms with Crippen LogP contribution in [-0.4, -0.2) is 29.0 Å². The van der Waals surface area contributed by atoms with Gasteiger partial charge in [-0.3, -0.25) is 14.9 Å². The number of amides is 1. The van der Waals surface area contributed by atoms with Crippen LogP contribution in [0.5, 0.6) is 5.75 Å². The number of nitro groups is 1. The molecule has 1 aromatic carbocycles. The van der Waals surface area contributed by atoms with Gasteiger partial charge in [0.25, 0.3) is 5.69 Å². The Kier molecular flexibility index (Phi) is 3.66. The molecule has 0 bridgehead atoms. The van der Waals surface area contributed by atoms with Gasteiger partial charge in [-0.25, -0.2) is 0 Å². The summed E-state index contributed by atoms with van der Waals surface area (Å²) in [5.74, 6) is -0.426. The third kappa shape index (κ3) is 2.82. The van der Waals surface area contributed by atoms with Gasteiger partial charge < -0.3 is 15.7 Å². The van der Waals surface area contributed by atoms with Crippen LogP contribution in [0.4, 0.5) is 11.4 Å². The number of non-ortho nitro benzene ring substituents is 1. The molecule has 1 aromatic rings. The minimum atomic E-state index is -0.575. The van der Waals surface area contributed by atoms with Crippen LogP contribution in [0.1, 0.15) is 6.92 Å². The third-order valence-electron chi connectivity index (χ3n) is 3.30. The number of carbonyl (C=O) groups is 1. The first-order valence-corrected chi connectivity index (χ1v) is 5.98. The van der Waals surface area contributed by atoms with Gasteiger partial charge >= 0.3 is 0 Å². The van der Waals surface area contributed by atoms with Crippen molar-refractivity contribution in [1.82, 2.24) is 5.32 Å². The molecule has 0 aliphatic carbocycles. The summed E-state index contributed by atoms with van der Waals surface area (Å²) in [7, 11) is 0. The number of anilines is 1. The number of phenols is 1. The maximum absolute atomic E-state index is 12.0. The van der Waals surface area contributed by atoms with Gasteiger partial charge in [0, 0.05) is 18.7 Å². The van der Waals surface area contributed by atoms with Crippen molar-refractivity contribution >= 4 is 17.3 Å². The lowest BCUT2D eigenvalue weighted by atomic mass is 9.97. The maximum atomic E-state index is 12.0. The van der Waals surface area contributed by atoms with Crippen molar-refractivity contribution in [2.24, 2.45) is 11.8 Å². The molecule has 2 unspecified atom stereocenters. The predicted octanol–water partition coefficient (Wildman–Crippen LogP) is 1.09. The molecule has 2 atom stereocenters. The number of nitrogens with zero attached hydrogens (tertiary/aromatic N) is 1. The molecule has 1 saturated heterocycles. The summed E-state index contributed by atoms with van der Waals surface area (Å²) in [6.07, 6.45) is 0. The zero-order valence-corrected chi connectivity index (χ0v) is 10.4. The summed E-state index contributed by atoms with van der Waals surface area (Å²) in [6, 6.07) is 3.54. The van der Waals surface area contributed by atoms with Crippen LogP contribution in [0, 0.1) is 22.0 Å². The van der Waals surface area contributed by atoms with Gasteiger partial charge in [0.2, 0.25) is 5.91 Å². The van der Waals surface area contributed by atoms with Crippen molar-refractivity contribution in [2.75, 3.05) is 18.4 Å². The molecule has 19 heavy (non-hydrogen) atoms. The van der Waals surface area contributed by atoms with Crippen LogP contribution < -0.4 is 10.6 Å². The van der Waals surface area contributed by atoms with E-state index in [1.807, 2.05) is 6.92 Å². The van der Waals surface area contributed by atoms with Crippen LogP contribution in [0.3, 0.4) is 0 Å². The molecule has 0 aromatic heterocycles. The number of benzene rings is 1. The first-order valence-electron chi connectivity index (χ1n) is 5.98. The lowest BCUT2D eigenvalue weighted by Gasteiger charge is -2.14. The second-order valence-corrected chi connectivity index (χ2v) is 4.69. The molecule has 0 radical (unpaired) electrons. The number of hydrogen-bond acceptors (Lipinski definition) is 5. The highest BCUT2D eigenvalue weighted by molar-refractivity contribution is 5.94. The highest BCUT2D eigenvalue weighted by atomic mass is 16.6. The van der Waals surface area contributed by atoms with E-state index in [9.17, 15) is 20.0 Å². The van der Waals surface area contributed by atoms with E-state index < -0.39 is 4.92 Å². The zero-order valence-electron chi connectivity index (χ0n) is 10.4. The second-order valence-electron chi connectivity index (χ2n) is 4.69. The summed E-state index contributed by atoms with van der Waals surface area (Å²) in [5, 5.41) is 25.9. The fraction of sp³-hybridized carbons (Fsp3) is 0.417. The van der Waals surface area contributed by atoms with Crippen LogP contribution in [0.25, 0.3) is 0 Å². The summed E-state index contributed by atoms with van der Waals surface area (Å²) >= 11 is 0. The summed E-state index contributed by atoms with van der Waals surface area (Å²) in [6.45, 7) is 3.29. The molecular weight excluding hydrogens is 250 g/mol. The van der Waals surface area contributed by atoms with Crippen molar-refractivity contribution in [2.45, 2.75) is 6.92 Å². The van der Waals surface area contributed by atoms with Crippen molar-refractivity contribution in [3.8, 4) is 5.75 Å². The minimum Gasteiger partial charge on any atom is -0.506 e. The number of rotatable bonds is 3. The largest absolute Gasteiger partial charge is 0.506 e. The number of aromatic hydroxyl groups is 1. The zero-order chi connectivity index (χ0) is 14.0. The topological polar surface area (TPSA) is 104 Å². The van der Waals surface area contributed by atoms with Gasteiger partial charge in [-0.2, -0.15) is 0 Å². The molecule has 1 aliphatic heterocycles. The predicted molar refractivity (Wildman–Crippen MR) is 68.9 cm³/mol. The van der Waals surface area contributed by atoms with Crippen LogP contribution in [-0.2, 0) is 4.79 Å². The smallest absolute Gasteiger partial charge is 0.271 e. The number of phenolic OH excluding ortho intramolecular Hbond substituents is 1. The minimum absolute atomic E-state index is 0.0679. The molecule has 1 amide bonds. The Morgan fingerprint density at radius 3 is 2.84 bits per heavy atom. The Hall–Kier alpha value is -2.15. The molecule has 102 valence electrons. The molecule has 1 aliphatic rings. The number of nitro benzene ring substituents is 1. The Morgan fingerprint density at radius 2 is 2.26 bits per heavy atom. The molecule has 0 spiro atoms.